The molecule has 0 unspecified atom stereocenters. The van der Waals surface area contributed by atoms with Crippen molar-refractivity contribution >= 4 is 12.0 Å². The zero-order valence-corrected chi connectivity index (χ0v) is 18.4. The van der Waals surface area contributed by atoms with E-state index in [-0.39, 0.29) is 30.6 Å². The fraction of sp³-hybridized carbons (Fsp3) is 0.240. The van der Waals surface area contributed by atoms with E-state index in [1.807, 2.05) is 0 Å². The van der Waals surface area contributed by atoms with Crippen molar-refractivity contribution < 1.29 is 31.8 Å². The smallest absolute Gasteiger partial charge is 0.417 e. The Morgan fingerprint density at radius 2 is 1.33 bits per heavy atom. The topological polar surface area (TPSA) is 38.8 Å². The molecule has 0 saturated carbocycles. The van der Waals surface area contributed by atoms with Crippen molar-refractivity contribution in [3.05, 3.63) is 88.2 Å². The van der Waals surface area contributed by atoms with Gasteiger partial charge in [-0.1, -0.05) is 24.3 Å². The number of rotatable bonds is 8. The zero-order valence-electron chi connectivity index (χ0n) is 18.4. The Morgan fingerprint density at radius 1 is 0.879 bits per heavy atom. The molecular formula is C25H23F4NO3. The van der Waals surface area contributed by atoms with Crippen LogP contribution in [0.4, 0.5) is 23.2 Å². The van der Waals surface area contributed by atoms with Gasteiger partial charge in [-0.3, -0.25) is 4.79 Å². The summed E-state index contributed by atoms with van der Waals surface area (Å²) >= 11 is 0. The van der Waals surface area contributed by atoms with Gasteiger partial charge in [0, 0.05) is 13.1 Å². The minimum absolute atomic E-state index is 0.0758. The number of methoxy groups -OCH3 is 2. The van der Waals surface area contributed by atoms with Gasteiger partial charge in [0.25, 0.3) is 0 Å². The normalized spacial score (nSPS) is 11.2. The molecule has 0 bridgehead atoms. The van der Waals surface area contributed by atoms with E-state index in [1.165, 1.54) is 21.1 Å². The van der Waals surface area contributed by atoms with Crippen LogP contribution in [0, 0.1) is 12.7 Å². The van der Waals surface area contributed by atoms with Crippen LogP contribution in [0.2, 0.25) is 0 Å². The third-order valence-electron chi connectivity index (χ3n) is 5.29. The average Bonchev–Trinajstić information content (AvgIpc) is 2.79. The number of hydrogen-bond donors (Lipinski definition) is 0. The van der Waals surface area contributed by atoms with E-state index in [2.05, 4.69) is 0 Å². The average molecular weight is 461 g/mol. The van der Waals surface area contributed by atoms with Crippen molar-refractivity contribution in [2.24, 2.45) is 0 Å². The molecule has 0 radical (unpaired) electrons. The lowest BCUT2D eigenvalue weighted by Gasteiger charge is -2.28. The van der Waals surface area contributed by atoms with Crippen LogP contribution < -0.4 is 14.4 Å². The van der Waals surface area contributed by atoms with Crippen LogP contribution in [0.15, 0.2) is 54.6 Å². The first-order chi connectivity index (χ1) is 15.7. The molecule has 0 fully saturated rings. The van der Waals surface area contributed by atoms with Crippen LogP contribution in [0.3, 0.4) is 0 Å². The molecule has 0 atom stereocenters. The molecule has 0 aliphatic carbocycles. The molecule has 0 aromatic heterocycles. The van der Waals surface area contributed by atoms with Crippen LogP contribution >= 0.6 is 0 Å². The van der Waals surface area contributed by atoms with Gasteiger partial charge in [-0.15, -0.1) is 0 Å². The van der Waals surface area contributed by atoms with Gasteiger partial charge >= 0.3 is 6.18 Å². The maximum atomic E-state index is 15.3. The van der Waals surface area contributed by atoms with Gasteiger partial charge < -0.3 is 14.4 Å². The Hall–Kier alpha value is -3.55. The molecule has 3 aromatic rings. The second-order valence-electron chi connectivity index (χ2n) is 7.48. The van der Waals surface area contributed by atoms with Gasteiger partial charge in [-0.05, 0) is 53.9 Å². The summed E-state index contributed by atoms with van der Waals surface area (Å²) in [7, 11) is 3.07. The summed E-state index contributed by atoms with van der Waals surface area (Å²) in [6.45, 7) is 1.60. The summed E-state index contributed by atoms with van der Waals surface area (Å²) in [4.78, 5) is 13.1. The number of alkyl halides is 3. The van der Waals surface area contributed by atoms with Crippen LogP contribution in [-0.4, -0.2) is 20.5 Å². The predicted octanol–water partition coefficient (Wildman–Crippen LogP) is 6.19. The molecule has 0 spiro atoms. The van der Waals surface area contributed by atoms with E-state index < -0.39 is 23.1 Å². The molecule has 0 saturated heterocycles. The first-order valence-corrected chi connectivity index (χ1v) is 10.0. The number of anilines is 1. The number of aryl methyl sites for hydroxylation is 1. The number of ether oxygens (including phenoxy) is 2. The second-order valence-corrected chi connectivity index (χ2v) is 7.48. The molecule has 3 rings (SSSR count). The lowest BCUT2D eigenvalue weighted by atomic mass is 9.99. The first-order valence-electron chi connectivity index (χ1n) is 10.0. The van der Waals surface area contributed by atoms with Crippen molar-refractivity contribution in [3.63, 3.8) is 0 Å². The van der Waals surface area contributed by atoms with E-state index >= 15 is 4.39 Å². The van der Waals surface area contributed by atoms with Gasteiger partial charge in [0.1, 0.15) is 11.5 Å². The standard InChI is InChI=1S/C25H23F4NO3/c1-16-12-22(24(26)21(15-31)23(16)25(27,28)29)30(13-17-4-8-19(32-2)9-5-17)14-18-6-10-20(33-3)11-7-18/h4-12,15H,13-14H2,1-3H3. The maximum absolute atomic E-state index is 15.3. The summed E-state index contributed by atoms with van der Waals surface area (Å²) in [6.07, 6.45) is -4.93. The van der Waals surface area contributed by atoms with E-state index in [9.17, 15) is 18.0 Å². The van der Waals surface area contributed by atoms with E-state index in [0.717, 1.165) is 17.2 Å². The Bertz CT molecular complexity index is 1060. The minimum atomic E-state index is -4.85. The molecule has 33 heavy (non-hydrogen) atoms. The van der Waals surface area contributed by atoms with Crippen LogP contribution in [0.1, 0.15) is 32.6 Å². The Labute approximate surface area is 189 Å². The summed E-state index contributed by atoms with van der Waals surface area (Å²) < 4.78 is 66.1. The van der Waals surface area contributed by atoms with E-state index in [4.69, 9.17) is 9.47 Å². The second kappa shape index (κ2) is 9.94. The van der Waals surface area contributed by atoms with Crippen LogP contribution in [0.25, 0.3) is 0 Å². The molecule has 174 valence electrons. The largest absolute Gasteiger partial charge is 0.497 e. The molecule has 8 heteroatoms. The lowest BCUT2D eigenvalue weighted by Crippen LogP contribution is -2.25. The number of carbonyl (C=O) groups excluding carboxylic acids is 1. The molecule has 0 amide bonds. The summed E-state index contributed by atoms with van der Waals surface area (Å²) in [5.41, 5.74) is -0.993. The molecule has 4 nitrogen and oxygen atoms in total. The van der Waals surface area contributed by atoms with Gasteiger partial charge in [-0.2, -0.15) is 13.2 Å². The zero-order chi connectivity index (χ0) is 24.2. The molecule has 0 N–H and O–H groups in total. The summed E-state index contributed by atoms with van der Waals surface area (Å²) in [5, 5.41) is 0. The van der Waals surface area contributed by atoms with Crippen molar-refractivity contribution in [3.8, 4) is 11.5 Å². The lowest BCUT2D eigenvalue weighted by molar-refractivity contribution is -0.138. The third kappa shape index (κ3) is 5.45. The molecule has 0 heterocycles. The summed E-state index contributed by atoms with van der Waals surface area (Å²) in [6, 6.07) is 15.3. The Kier molecular flexibility index (Phi) is 7.26. The quantitative estimate of drug-likeness (QED) is 0.296. The van der Waals surface area contributed by atoms with Crippen molar-refractivity contribution in [1.82, 2.24) is 0 Å². The van der Waals surface area contributed by atoms with Crippen LogP contribution in [0.5, 0.6) is 11.5 Å². The van der Waals surface area contributed by atoms with Crippen molar-refractivity contribution in [2.45, 2.75) is 26.2 Å². The van der Waals surface area contributed by atoms with E-state index in [1.54, 1.807) is 53.4 Å². The van der Waals surface area contributed by atoms with Crippen molar-refractivity contribution in [1.29, 1.82) is 0 Å². The first kappa shape index (κ1) is 24.1. The number of carbonyl (C=O) groups is 1. The minimum Gasteiger partial charge on any atom is -0.497 e. The highest BCUT2D eigenvalue weighted by molar-refractivity contribution is 5.82. The molecular weight excluding hydrogens is 438 g/mol. The number of hydrogen-bond acceptors (Lipinski definition) is 4. The predicted molar refractivity (Wildman–Crippen MR) is 117 cm³/mol. The molecule has 0 aliphatic heterocycles. The number of aldehydes is 1. The highest BCUT2D eigenvalue weighted by atomic mass is 19.4. The number of halogens is 4. The van der Waals surface area contributed by atoms with E-state index in [0.29, 0.717) is 11.5 Å². The fourth-order valence-electron chi connectivity index (χ4n) is 3.65. The Morgan fingerprint density at radius 3 is 1.70 bits per heavy atom. The fourth-order valence-corrected chi connectivity index (χ4v) is 3.65. The molecule has 3 aromatic carbocycles. The van der Waals surface area contributed by atoms with Gasteiger partial charge in [0.15, 0.2) is 12.1 Å². The summed E-state index contributed by atoms with van der Waals surface area (Å²) in [5.74, 6) is 0.0745. The Balaban J connectivity index is 2.08. The van der Waals surface area contributed by atoms with Crippen LogP contribution in [-0.2, 0) is 19.3 Å². The highest BCUT2D eigenvalue weighted by Gasteiger charge is 2.38. The number of benzene rings is 3. The SMILES string of the molecule is COc1ccc(CN(Cc2ccc(OC)cc2)c2cc(C)c(C(F)(F)F)c(C=O)c2F)cc1. The van der Waals surface area contributed by atoms with Gasteiger partial charge in [0.2, 0.25) is 0 Å². The maximum Gasteiger partial charge on any atom is 0.417 e. The van der Waals surface area contributed by atoms with Crippen molar-refractivity contribution in [2.75, 3.05) is 19.1 Å². The number of nitrogens with zero attached hydrogens (tertiary/aromatic N) is 1. The monoisotopic (exact) mass is 461 g/mol. The third-order valence-corrected chi connectivity index (χ3v) is 5.29. The molecule has 0 aliphatic rings. The van der Waals surface area contributed by atoms with Gasteiger partial charge in [0.05, 0.1) is 31.0 Å². The highest BCUT2D eigenvalue weighted by Crippen LogP contribution is 2.39. The van der Waals surface area contributed by atoms with Gasteiger partial charge in [-0.25, -0.2) is 4.39 Å².